The van der Waals surface area contributed by atoms with Gasteiger partial charge in [0.15, 0.2) is 5.69 Å². The Hall–Kier alpha value is -2.18. The Kier molecular flexibility index (Phi) is 3.66. The molecular weight excluding hydrogens is 306 g/mol. The average molecular weight is 329 g/mol. The summed E-state index contributed by atoms with van der Waals surface area (Å²) in [6, 6.07) is 1.71. The van der Waals surface area contributed by atoms with Gasteiger partial charge in [0.05, 0.1) is 0 Å². The molecule has 3 heterocycles. The minimum atomic E-state index is -0.0403. The predicted octanol–water partition coefficient (Wildman–Crippen LogP) is 2.30. The van der Waals surface area contributed by atoms with Gasteiger partial charge >= 0.3 is 0 Å². The molecule has 0 aromatic carbocycles. The van der Waals surface area contributed by atoms with Gasteiger partial charge in [0, 0.05) is 32.1 Å². The number of hydrogen-bond acceptors (Lipinski definition) is 5. The Morgan fingerprint density at radius 3 is 2.75 bits per heavy atom. The highest BCUT2D eigenvalue weighted by molar-refractivity contribution is 5.92. The maximum Gasteiger partial charge on any atom is 0.276 e. The maximum absolute atomic E-state index is 12.8. The lowest BCUT2D eigenvalue weighted by Crippen LogP contribution is -2.34. The zero-order chi connectivity index (χ0) is 16.7. The molecule has 7 heteroatoms. The Balaban J connectivity index is 1.65. The van der Waals surface area contributed by atoms with Gasteiger partial charge in [-0.25, -0.2) is 0 Å². The van der Waals surface area contributed by atoms with Crippen LogP contribution in [0, 0.1) is 12.3 Å². The number of carbonyl (C=O) groups is 1. The minimum Gasteiger partial charge on any atom is -0.361 e. The highest BCUT2D eigenvalue weighted by Crippen LogP contribution is 2.51. The van der Waals surface area contributed by atoms with Gasteiger partial charge in [0.25, 0.3) is 5.91 Å². The topological polar surface area (TPSA) is 77.1 Å². The summed E-state index contributed by atoms with van der Waals surface area (Å²) >= 11 is 0. The van der Waals surface area contributed by atoms with Crippen LogP contribution in [0.1, 0.15) is 60.1 Å². The van der Waals surface area contributed by atoms with Crippen LogP contribution in [0.4, 0.5) is 0 Å². The molecule has 1 amide bonds. The van der Waals surface area contributed by atoms with Gasteiger partial charge in [-0.05, 0) is 25.2 Å². The fourth-order valence-corrected chi connectivity index (χ4v) is 4.48. The van der Waals surface area contributed by atoms with Crippen LogP contribution in [0.3, 0.4) is 0 Å². The Labute approximate surface area is 141 Å². The van der Waals surface area contributed by atoms with Crippen LogP contribution in [-0.2, 0) is 7.05 Å². The van der Waals surface area contributed by atoms with Crippen molar-refractivity contribution in [1.29, 1.82) is 0 Å². The molecule has 1 aliphatic carbocycles. The van der Waals surface area contributed by atoms with Crippen LogP contribution in [0.2, 0.25) is 0 Å². The van der Waals surface area contributed by atoms with Crippen molar-refractivity contribution in [3.05, 3.63) is 29.7 Å². The first-order valence-electron chi connectivity index (χ1n) is 8.65. The van der Waals surface area contributed by atoms with Crippen molar-refractivity contribution in [2.45, 2.75) is 44.9 Å². The molecule has 0 bridgehead atoms. The van der Waals surface area contributed by atoms with Gasteiger partial charge in [0.1, 0.15) is 17.9 Å². The van der Waals surface area contributed by atoms with Crippen molar-refractivity contribution in [3.8, 4) is 0 Å². The van der Waals surface area contributed by atoms with Crippen molar-refractivity contribution in [2.24, 2.45) is 12.5 Å². The number of carbonyl (C=O) groups excluding carboxylic acids is 1. The zero-order valence-electron chi connectivity index (χ0n) is 14.2. The molecule has 1 saturated carbocycles. The van der Waals surface area contributed by atoms with E-state index in [0.29, 0.717) is 18.0 Å². The lowest BCUT2D eigenvalue weighted by molar-refractivity contribution is 0.0748. The number of aromatic nitrogens is 4. The highest BCUT2D eigenvalue weighted by atomic mass is 16.5. The third kappa shape index (κ3) is 2.42. The summed E-state index contributed by atoms with van der Waals surface area (Å²) in [5, 5.41) is 12.3. The lowest BCUT2D eigenvalue weighted by atomic mass is 9.67. The molecule has 4 rings (SSSR count). The molecule has 1 aliphatic heterocycles. The van der Waals surface area contributed by atoms with E-state index in [1.165, 1.54) is 19.3 Å². The summed E-state index contributed by atoms with van der Waals surface area (Å²) in [5.74, 6) is 1.85. The number of likely N-dealkylation sites (tertiary alicyclic amines) is 1. The number of nitrogens with zero attached hydrogens (tertiary/aromatic N) is 5. The Morgan fingerprint density at radius 2 is 2.12 bits per heavy atom. The molecular formula is C17H23N5O2. The Bertz CT molecular complexity index is 744. The van der Waals surface area contributed by atoms with Gasteiger partial charge in [-0.15, -0.1) is 10.2 Å². The maximum atomic E-state index is 12.8. The zero-order valence-corrected chi connectivity index (χ0v) is 14.2. The fourth-order valence-electron chi connectivity index (χ4n) is 4.48. The first-order valence-corrected chi connectivity index (χ1v) is 8.65. The second kappa shape index (κ2) is 5.72. The summed E-state index contributed by atoms with van der Waals surface area (Å²) in [5.41, 5.74) is 0.519. The van der Waals surface area contributed by atoms with Crippen molar-refractivity contribution in [2.75, 3.05) is 13.1 Å². The Morgan fingerprint density at radius 1 is 1.33 bits per heavy atom. The highest BCUT2D eigenvalue weighted by Gasteiger charge is 2.50. The molecule has 1 spiro atoms. The summed E-state index contributed by atoms with van der Waals surface area (Å²) in [4.78, 5) is 14.8. The molecule has 0 N–H and O–H groups in total. The van der Waals surface area contributed by atoms with E-state index >= 15 is 0 Å². The molecule has 2 aromatic rings. The summed E-state index contributed by atoms with van der Waals surface area (Å²) in [7, 11) is 1.98. The monoisotopic (exact) mass is 329 g/mol. The lowest BCUT2D eigenvalue weighted by Gasteiger charge is -2.37. The van der Waals surface area contributed by atoms with E-state index in [1.54, 1.807) is 19.3 Å². The number of amides is 1. The number of hydrogen-bond donors (Lipinski definition) is 0. The summed E-state index contributed by atoms with van der Waals surface area (Å²) < 4.78 is 7.07. The van der Waals surface area contributed by atoms with Gasteiger partial charge in [-0.2, -0.15) is 0 Å². The van der Waals surface area contributed by atoms with Gasteiger partial charge in [0.2, 0.25) is 0 Å². The van der Waals surface area contributed by atoms with Crippen molar-refractivity contribution in [1.82, 2.24) is 24.8 Å². The van der Waals surface area contributed by atoms with E-state index in [1.807, 2.05) is 16.5 Å². The van der Waals surface area contributed by atoms with Gasteiger partial charge in [-0.1, -0.05) is 24.4 Å². The molecule has 1 unspecified atom stereocenters. The smallest absolute Gasteiger partial charge is 0.276 e. The molecule has 128 valence electrons. The standard InChI is InChI=1S/C17H23N5O2/c1-12-8-14(20-24-12)16(23)22-9-13(15-19-18-11-21(15)2)17(10-22)6-4-3-5-7-17/h8,11,13H,3-7,9-10H2,1-2H3. The van der Waals surface area contributed by atoms with Crippen LogP contribution in [0.5, 0.6) is 0 Å². The fraction of sp³-hybridized carbons (Fsp3) is 0.647. The van der Waals surface area contributed by atoms with Crippen LogP contribution < -0.4 is 0 Å². The first kappa shape index (κ1) is 15.4. The molecule has 2 aliphatic rings. The molecule has 2 fully saturated rings. The summed E-state index contributed by atoms with van der Waals surface area (Å²) in [6.45, 7) is 3.26. The van der Waals surface area contributed by atoms with Crippen LogP contribution >= 0.6 is 0 Å². The molecule has 24 heavy (non-hydrogen) atoms. The normalized spacial score (nSPS) is 23.1. The SMILES string of the molecule is Cc1cc(C(=O)N2CC(c3nncn3C)C3(CCCCC3)C2)no1. The predicted molar refractivity (Wildman–Crippen MR) is 86.4 cm³/mol. The quantitative estimate of drug-likeness (QED) is 0.845. The number of aryl methyl sites for hydroxylation is 2. The van der Waals surface area contributed by atoms with Crippen LogP contribution in [-0.4, -0.2) is 43.8 Å². The van der Waals surface area contributed by atoms with Crippen molar-refractivity contribution in [3.63, 3.8) is 0 Å². The molecule has 2 aromatic heterocycles. The molecule has 7 nitrogen and oxygen atoms in total. The van der Waals surface area contributed by atoms with E-state index in [0.717, 1.165) is 25.2 Å². The average Bonchev–Trinajstić information content (AvgIpc) is 3.27. The van der Waals surface area contributed by atoms with E-state index in [2.05, 4.69) is 15.4 Å². The molecule has 1 saturated heterocycles. The van der Waals surface area contributed by atoms with E-state index in [9.17, 15) is 4.79 Å². The van der Waals surface area contributed by atoms with E-state index in [-0.39, 0.29) is 17.2 Å². The summed E-state index contributed by atoms with van der Waals surface area (Å²) in [6.07, 6.45) is 7.76. The second-order valence-electron chi connectivity index (χ2n) is 7.28. The van der Waals surface area contributed by atoms with E-state index in [4.69, 9.17) is 4.52 Å². The minimum absolute atomic E-state index is 0.0403. The number of rotatable bonds is 2. The second-order valence-corrected chi connectivity index (χ2v) is 7.28. The first-order chi connectivity index (χ1) is 11.6. The third-order valence-electron chi connectivity index (χ3n) is 5.69. The van der Waals surface area contributed by atoms with Crippen molar-refractivity contribution < 1.29 is 9.32 Å². The third-order valence-corrected chi connectivity index (χ3v) is 5.69. The van der Waals surface area contributed by atoms with Gasteiger partial charge < -0.3 is 14.0 Å². The van der Waals surface area contributed by atoms with Gasteiger partial charge in [-0.3, -0.25) is 4.79 Å². The van der Waals surface area contributed by atoms with Crippen molar-refractivity contribution >= 4 is 5.91 Å². The van der Waals surface area contributed by atoms with Crippen LogP contribution in [0.15, 0.2) is 16.9 Å². The van der Waals surface area contributed by atoms with E-state index < -0.39 is 0 Å². The largest absolute Gasteiger partial charge is 0.361 e. The molecule has 0 radical (unpaired) electrons. The molecule has 1 atom stereocenters. The van der Waals surface area contributed by atoms with Crippen LogP contribution in [0.25, 0.3) is 0 Å².